The highest BCUT2D eigenvalue weighted by molar-refractivity contribution is 5.75. The molecule has 1 aromatic rings. The Morgan fingerprint density at radius 2 is 1.68 bits per heavy atom. The van der Waals surface area contributed by atoms with E-state index < -0.39 is 0 Å². The number of urea groups is 1. The summed E-state index contributed by atoms with van der Waals surface area (Å²) in [4.78, 5) is 20.0. The number of benzene rings is 1. The summed E-state index contributed by atoms with van der Waals surface area (Å²) in [6.07, 6.45) is 5.64. The first-order chi connectivity index (χ1) is 13.7. The minimum absolute atomic E-state index is 0.0557. The zero-order valence-electron chi connectivity index (χ0n) is 16.9. The van der Waals surface area contributed by atoms with E-state index in [1.807, 2.05) is 4.90 Å². The number of nitrogens with zero attached hydrogens (tertiary/aromatic N) is 3. The molecule has 1 saturated carbocycles. The summed E-state index contributed by atoms with van der Waals surface area (Å²) >= 11 is 0. The number of carbonyl (C=O) groups excluding carboxylic acids is 1. The summed E-state index contributed by atoms with van der Waals surface area (Å²) < 4.78 is 5.49. The monoisotopic (exact) mass is 386 g/mol. The molecular formula is C22H34N4O2. The Labute approximate surface area is 168 Å². The first-order valence-electron chi connectivity index (χ1n) is 10.9. The highest BCUT2D eigenvalue weighted by Crippen LogP contribution is 2.31. The van der Waals surface area contributed by atoms with Crippen molar-refractivity contribution in [3.8, 4) is 0 Å². The highest BCUT2D eigenvalue weighted by atomic mass is 16.5. The molecule has 0 spiro atoms. The number of para-hydroxylation sites is 1. The maximum absolute atomic E-state index is 13.2. The molecule has 0 bridgehead atoms. The van der Waals surface area contributed by atoms with Crippen molar-refractivity contribution in [2.45, 2.75) is 37.6 Å². The number of carbonyl (C=O) groups is 1. The molecule has 2 saturated heterocycles. The molecule has 28 heavy (non-hydrogen) atoms. The Morgan fingerprint density at radius 3 is 2.43 bits per heavy atom. The Hall–Kier alpha value is -1.79. The predicted molar refractivity (Wildman–Crippen MR) is 112 cm³/mol. The second-order valence-corrected chi connectivity index (χ2v) is 8.47. The third-order valence-corrected chi connectivity index (χ3v) is 6.47. The van der Waals surface area contributed by atoms with Gasteiger partial charge in [0.05, 0.1) is 18.8 Å². The van der Waals surface area contributed by atoms with E-state index in [1.54, 1.807) is 0 Å². The molecule has 3 fully saturated rings. The van der Waals surface area contributed by atoms with Crippen LogP contribution in [0.5, 0.6) is 0 Å². The number of nitrogens with one attached hydrogen (secondary N) is 1. The molecule has 2 amide bonds. The quantitative estimate of drug-likeness (QED) is 0.864. The van der Waals surface area contributed by atoms with Crippen LogP contribution in [0.2, 0.25) is 0 Å². The lowest BCUT2D eigenvalue weighted by molar-refractivity contribution is 0.0246. The fourth-order valence-corrected chi connectivity index (χ4v) is 4.89. The lowest BCUT2D eigenvalue weighted by Gasteiger charge is -2.39. The average molecular weight is 387 g/mol. The summed E-state index contributed by atoms with van der Waals surface area (Å²) in [6, 6.07) is 10.7. The van der Waals surface area contributed by atoms with Crippen LogP contribution < -0.4 is 10.2 Å². The molecule has 0 aromatic heterocycles. The molecule has 2 heterocycles. The van der Waals surface area contributed by atoms with Gasteiger partial charge in [0.25, 0.3) is 0 Å². The Balaban J connectivity index is 1.35. The number of amides is 2. The molecule has 2 aliphatic heterocycles. The van der Waals surface area contributed by atoms with Gasteiger partial charge in [0, 0.05) is 51.5 Å². The standard InChI is InChI=1S/C22H34N4O2/c27-21(23-22(9-4-5-10-22)19-24-15-17-28-18-16-24)26-12-6-11-25(13-14-26)20-7-2-1-3-8-20/h1-3,7-8H,4-6,9-19H2,(H,23,27). The van der Waals surface area contributed by atoms with Crippen LogP contribution in [-0.2, 0) is 4.74 Å². The molecule has 1 aromatic carbocycles. The number of anilines is 1. The zero-order chi connectivity index (χ0) is 19.2. The summed E-state index contributed by atoms with van der Waals surface area (Å²) in [5.74, 6) is 0. The summed E-state index contributed by atoms with van der Waals surface area (Å²) in [5, 5.41) is 3.48. The van der Waals surface area contributed by atoms with Crippen molar-refractivity contribution in [3.63, 3.8) is 0 Å². The number of morpholine rings is 1. The van der Waals surface area contributed by atoms with E-state index in [2.05, 4.69) is 45.4 Å². The van der Waals surface area contributed by atoms with Gasteiger partial charge in [0.15, 0.2) is 0 Å². The molecule has 6 heteroatoms. The van der Waals surface area contributed by atoms with E-state index in [9.17, 15) is 4.79 Å². The number of rotatable bonds is 4. The third-order valence-electron chi connectivity index (χ3n) is 6.47. The van der Waals surface area contributed by atoms with Crippen molar-refractivity contribution >= 4 is 11.7 Å². The van der Waals surface area contributed by atoms with Gasteiger partial charge in [-0.05, 0) is 31.4 Å². The van der Waals surface area contributed by atoms with Gasteiger partial charge in [-0.2, -0.15) is 0 Å². The molecule has 0 unspecified atom stereocenters. The normalized spacial score (nSPS) is 23.4. The van der Waals surface area contributed by atoms with Crippen LogP contribution in [0.4, 0.5) is 10.5 Å². The van der Waals surface area contributed by atoms with Gasteiger partial charge in [-0.3, -0.25) is 4.90 Å². The van der Waals surface area contributed by atoms with Crippen LogP contribution in [0.3, 0.4) is 0 Å². The summed E-state index contributed by atoms with van der Waals surface area (Å²) in [5.41, 5.74) is 1.20. The van der Waals surface area contributed by atoms with Crippen molar-refractivity contribution in [3.05, 3.63) is 30.3 Å². The van der Waals surface area contributed by atoms with E-state index in [0.717, 1.165) is 78.3 Å². The highest BCUT2D eigenvalue weighted by Gasteiger charge is 2.38. The molecule has 3 aliphatic rings. The van der Waals surface area contributed by atoms with Crippen LogP contribution in [0.1, 0.15) is 32.1 Å². The van der Waals surface area contributed by atoms with Gasteiger partial charge in [-0.25, -0.2) is 4.79 Å². The fourth-order valence-electron chi connectivity index (χ4n) is 4.89. The van der Waals surface area contributed by atoms with Gasteiger partial charge in [-0.1, -0.05) is 31.0 Å². The first kappa shape index (κ1) is 19.5. The molecule has 1 N–H and O–H groups in total. The van der Waals surface area contributed by atoms with Crippen LogP contribution in [0, 0.1) is 0 Å². The van der Waals surface area contributed by atoms with Crippen molar-refractivity contribution < 1.29 is 9.53 Å². The van der Waals surface area contributed by atoms with E-state index in [1.165, 1.54) is 18.5 Å². The van der Waals surface area contributed by atoms with E-state index in [4.69, 9.17) is 4.74 Å². The van der Waals surface area contributed by atoms with Crippen molar-refractivity contribution in [1.29, 1.82) is 0 Å². The van der Waals surface area contributed by atoms with Gasteiger partial charge >= 0.3 is 6.03 Å². The topological polar surface area (TPSA) is 48.1 Å². The Morgan fingerprint density at radius 1 is 0.929 bits per heavy atom. The van der Waals surface area contributed by atoms with E-state index in [-0.39, 0.29) is 11.6 Å². The second kappa shape index (κ2) is 9.14. The molecule has 1 aliphatic carbocycles. The zero-order valence-corrected chi connectivity index (χ0v) is 16.9. The Kier molecular flexibility index (Phi) is 6.37. The lowest BCUT2D eigenvalue weighted by atomic mass is 9.96. The number of ether oxygens (including phenoxy) is 1. The average Bonchev–Trinajstić information content (AvgIpc) is 3.03. The smallest absolute Gasteiger partial charge is 0.317 e. The molecule has 6 nitrogen and oxygen atoms in total. The summed E-state index contributed by atoms with van der Waals surface area (Å²) in [7, 11) is 0. The van der Waals surface area contributed by atoms with Crippen molar-refractivity contribution in [1.82, 2.24) is 15.1 Å². The number of hydrogen-bond donors (Lipinski definition) is 1. The van der Waals surface area contributed by atoms with Gasteiger partial charge < -0.3 is 19.9 Å². The fraction of sp³-hybridized carbons (Fsp3) is 0.682. The van der Waals surface area contributed by atoms with Crippen LogP contribution in [-0.4, -0.2) is 80.4 Å². The maximum Gasteiger partial charge on any atom is 0.317 e. The van der Waals surface area contributed by atoms with Gasteiger partial charge in [0.2, 0.25) is 0 Å². The predicted octanol–water partition coefficient (Wildman–Crippen LogP) is 2.55. The third kappa shape index (κ3) is 4.78. The first-order valence-corrected chi connectivity index (χ1v) is 10.9. The summed E-state index contributed by atoms with van der Waals surface area (Å²) in [6.45, 7) is 8.07. The minimum Gasteiger partial charge on any atom is -0.379 e. The maximum atomic E-state index is 13.2. The van der Waals surface area contributed by atoms with Crippen LogP contribution >= 0.6 is 0 Å². The lowest BCUT2D eigenvalue weighted by Crippen LogP contribution is -2.58. The molecule has 4 rings (SSSR count). The van der Waals surface area contributed by atoms with E-state index in [0.29, 0.717) is 0 Å². The molecule has 154 valence electrons. The van der Waals surface area contributed by atoms with Crippen molar-refractivity contribution in [2.24, 2.45) is 0 Å². The largest absolute Gasteiger partial charge is 0.379 e. The van der Waals surface area contributed by atoms with Crippen LogP contribution in [0.15, 0.2) is 30.3 Å². The number of hydrogen-bond acceptors (Lipinski definition) is 4. The van der Waals surface area contributed by atoms with Gasteiger partial charge in [-0.15, -0.1) is 0 Å². The molecule has 0 atom stereocenters. The van der Waals surface area contributed by atoms with Gasteiger partial charge in [0.1, 0.15) is 0 Å². The molecular weight excluding hydrogens is 352 g/mol. The van der Waals surface area contributed by atoms with Crippen LogP contribution in [0.25, 0.3) is 0 Å². The molecule has 0 radical (unpaired) electrons. The SMILES string of the molecule is O=C(NC1(CN2CCOCC2)CCCC1)N1CCCN(c2ccccc2)CC1. The Bertz CT molecular complexity index is 627. The minimum atomic E-state index is -0.0557. The van der Waals surface area contributed by atoms with E-state index >= 15 is 0 Å². The van der Waals surface area contributed by atoms with Crippen molar-refractivity contribution in [2.75, 3.05) is 63.9 Å². The second-order valence-electron chi connectivity index (χ2n) is 8.47.